The Hall–Kier alpha value is -1.64. The van der Waals surface area contributed by atoms with Crippen LogP contribution in [0, 0.1) is 0 Å². The molecule has 0 fully saturated rings. The highest BCUT2D eigenvalue weighted by molar-refractivity contribution is 7.90. The van der Waals surface area contributed by atoms with Crippen molar-refractivity contribution in [1.29, 1.82) is 0 Å². The quantitative estimate of drug-likeness (QED) is 0.633. The van der Waals surface area contributed by atoms with Crippen LogP contribution < -0.4 is 15.4 Å². The first-order valence-corrected chi connectivity index (χ1v) is 8.56. The van der Waals surface area contributed by atoms with Crippen molar-refractivity contribution in [2.24, 2.45) is 4.99 Å². The van der Waals surface area contributed by atoms with E-state index in [4.69, 9.17) is 0 Å². The Bertz CT molecular complexity index is 691. The van der Waals surface area contributed by atoms with Crippen molar-refractivity contribution in [2.75, 3.05) is 20.1 Å². The molecule has 2 rings (SSSR count). The summed E-state index contributed by atoms with van der Waals surface area (Å²) < 4.78 is 26.3. The second-order valence-electron chi connectivity index (χ2n) is 5.00. The first-order chi connectivity index (χ1) is 10.5. The predicted molar refractivity (Wildman–Crippen MR) is 91.6 cm³/mol. The molecule has 1 atom stereocenters. The molecule has 23 heavy (non-hydrogen) atoms. The highest BCUT2D eigenvalue weighted by Crippen LogP contribution is 2.22. The smallest absolute Gasteiger partial charge is 0.263 e. The van der Waals surface area contributed by atoms with Crippen molar-refractivity contribution in [1.82, 2.24) is 15.4 Å². The van der Waals surface area contributed by atoms with Crippen molar-refractivity contribution in [3.63, 3.8) is 0 Å². The van der Waals surface area contributed by atoms with E-state index in [0.29, 0.717) is 12.1 Å². The maximum atomic E-state index is 12.0. The van der Waals surface area contributed by atoms with Crippen molar-refractivity contribution in [2.45, 2.75) is 24.3 Å². The number of fused-ring (bicyclic) bond motifs is 1. The van der Waals surface area contributed by atoms with Gasteiger partial charge >= 0.3 is 0 Å². The molecule has 1 unspecified atom stereocenters. The number of amides is 1. The van der Waals surface area contributed by atoms with Gasteiger partial charge in [0.2, 0.25) is 5.91 Å². The van der Waals surface area contributed by atoms with Gasteiger partial charge in [0.1, 0.15) is 11.9 Å². The summed E-state index contributed by atoms with van der Waals surface area (Å²) in [5.74, 6) is -0.0133. The fourth-order valence-electron chi connectivity index (χ4n) is 2.11. The van der Waals surface area contributed by atoms with Gasteiger partial charge in [-0.3, -0.25) is 14.5 Å². The van der Waals surface area contributed by atoms with Crippen LogP contribution in [-0.4, -0.2) is 46.3 Å². The maximum Gasteiger partial charge on any atom is 0.263 e. The number of nitrogens with one attached hydrogen (secondary N) is 3. The summed E-state index contributed by atoms with van der Waals surface area (Å²) in [6.45, 7) is 3.00. The third-order valence-corrected chi connectivity index (χ3v) is 4.66. The van der Waals surface area contributed by atoms with E-state index in [0.717, 1.165) is 13.0 Å². The Labute approximate surface area is 142 Å². The van der Waals surface area contributed by atoms with E-state index in [1.807, 2.05) is 7.05 Å². The van der Waals surface area contributed by atoms with Crippen LogP contribution in [0.3, 0.4) is 0 Å². The fraction of sp³-hybridized carbons (Fsp3) is 0.429. The number of rotatable bonds is 6. The van der Waals surface area contributed by atoms with Crippen LogP contribution >= 0.6 is 12.4 Å². The summed E-state index contributed by atoms with van der Waals surface area (Å²) in [6.07, 6.45) is 0.820. The van der Waals surface area contributed by atoms with Gasteiger partial charge in [-0.2, -0.15) is 0 Å². The molecule has 1 aliphatic heterocycles. The average molecular weight is 361 g/mol. The highest BCUT2D eigenvalue weighted by Gasteiger charge is 2.31. The third kappa shape index (κ3) is 4.66. The molecule has 1 amide bonds. The van der Waals surface area contributed by atoms with Gasteiger partial charge in [-0.05, 0) is 39.1 Å². The van der Waals surface area contributed by atoms with Crippen LogP contribution in [0.4, 0.5) is 0 Å². The summed E-state index contributed by atoms with van der Waals surface area (Å²) in [5, 5.41) is 5.77. The Kier molecular flexibility index (Phi) is 6.99. The standard InChI is InChI=1S/C14H20N4O3S.ClH/c1-10(14(19)16-9-5-8-15-2)17-13-11-6-3-4-7-12(11)22(20,21)18-13;/h3-4,6-7,10,15H,5,8-9H2,1-2H3,(H,16,19)(H,17,18);1H. The zero-order valence-electron chi connectivity index (χ0n) is 13.0. The Morgan fingerprint density at radius 3 is 2.70 bits per heavy atom. The second-order valence-corrected chi connectivity index (χ2v) is 6.65. The average Bonchev–Trinajstić information content (AvgIpc) is 2.75. The summed E-state index contributed by atoms with van der Waals surface area (Å²) in [5.41, 5.74) is 0.498. The number of carbonyl (C=O) groups is 1. The normalized spacial score (nSPS) is 17.7. The van der Waals surface area contributed by atoms with Gasteiger partial charge in [0.25, 0.3) is 10.0 Å². The highest BCUT2D eigenvalue weighted by atomic mass is 35.5. The molecule has 0 bridgehead atoms. The molecule has 3 N–H and O–H groups in total. The van der Waals surface area contributed by atoms with Crippen LogP contribution in [0.15, 0.2) is 34.2 Å². The van der Waals surface area contributed by atoms with E-state index in [1.54, 1.807) is 25.1 Å². The number of nitrogens with zero attached hydrogens (tertiary/aromatic N) is 1. The predicted octanol–water partition coefficient (Wildman–Crippen LogP) is 0.261. The van der Waals surface area contributed by atoms with Crippen molar-refractivity contribution in [3.05, 3.63) is 29.8 Å². The lowest BCUT2D eigenvalue weighted by molar-refractivity contribution is -0.121. The molecule has 9 heteroatoms. The van der Waals surface area contributed by atoms with Gasteiger partial charge < -0.3 is 10.6 Å². The van der Waals surface area contributed by atoms with E-state index in [-0.39, 0.29) is 29.0 Å². The van der Waals surface area contributed by atoms with E-state index >= 15 is 0 Å². The molecular weight excluding hydrogens is 340 g/mol. The maximum absolute atomic E-state index is 12.0. The molecule has 0 radical (unpaired) electrons. The summed E-state index contributed by atoms with van der Waals surface area (Å²) in [7, 11) is -1.72. The Balaban J connectivity index is 0.00000264. The first kappa shape index (κ1) is 19.4. The zero-order valence-corrected chi connectivity index (χ0v) is 14.6. The number of benzene rings is 1. The van der Waals surface area contributed by atoms with Crippen LogP contribution in [0.25, 0.3) is 0 Å². The topological polar surface area (TPSA) is 99.7 Å². The second kappa shape index (κ2) is 8.28. The van der Waals surface area contributed by atoms with E-state index in [9.17, 15) is 13.2 Å². The summed E-state index contributed by atoms with van der Waals surface area (Å²) >= 11 is 0. The van der Waals surface area contributed by atoms with Crippen LogP contribution in [-0.2, 0) is 14.8 Å². The third-order valence-electron chi connectivity index (χ3n) is 3.27. The lowest BCUT2D eigenvalue weighted by atomic mass is 10.2. The van der Waals surface area contributed by atoms with E-state index in [2.05, 4.69) is 20.3 Å². The molecule has 0 spiro atoms. The minimum absolute atomic E-state index is 0. The summed E-state index contributed by atoms with van der Waals surface area (Å²) in [6, 6.07) is 5.91. The molecule has 128 valence electrons. The molecule has 1 aliphatic rings. The van der Waals surface area contributed by atoms with E-state index < -0.39 is 16.1 Å². The Morgan fingerprint density at radius 2 is 2.00 bits per heavy atom. The molecule has 1 aromatic carbocycles. The number of halogens is 1. The van der Waals surface area contributed by atoms with Crippen LogP contribution in [0.5, 0.6) is 0 Å². The number of amidine groups is 1. The van der Waals surface area contributed by atoms with Gasteiger partial charge in [0, 0.05) is 12.1 Å². The van der Waals surface area contributed by atoms with Gasteiger partial charge in [0.05, 0.1) is 4.90 Å². The van der Waals surface area contributed by atoms with Gasteiger partial charge in [0.15, 0.2) is 0 Å². The van der Waals surface area contributed by atoms with Gasteiger partial charge in [-0.1, -0.05) is 12.1 Å². The van der Waals surface area contributed by atoms with Crippen molar-refractivity contribution in [3.8, 4) is 0 Å². The molecule has 0 saturated carbocycles. The number of hydrogen-bond donors (Lipinski definition) is 3. The van der Waals surface area contributed by atoms with E-state index in [1.165, 1.54) is 6.07 Å². The van der Waals surface area contributed by atoms with Crippen LogP contribution in [0.2, 0.25) is 0 Å². The summed E-state index contributed by atoms with van der Waals surface area (Å²) in [4.78, 5) is 16.4. The lowest BCUT2D eigenvalue weighted by Gasteiger charge is -2.09. The Morgan fingerprint density at radius 1 is 1.30 bits per heavy atom. The molecule has 1 aromatic rings. The van der Waals surface area contributed by atoms with Crippen molar-refractivity contribution < 1.29 is 13.2 Å². The zero-order chi connectivity index (χ0) is 16.2. The fourth-order valence-corrected chi connectivity index (χ4v) is 3.35. The molecule has 0 aliphatic carbocycles. The monoisotopic (exact) mass is 360 g/mol. The number of carbonyl (C=O) groups excluding carboxylic acids is 1. The largest absolute Gasteiger partial charge is 0.354 e. The minimum Gasteiger partial charge on any atom is -0.354 e. The van der Waals surface area contributed by atoms with Gasteiger partial charge in [-0.15, -0.1) is 12.4 Å². The molecule has 0 aromatic heterocycles. The molecular formula is C14H21ClN4O3S. The molecule has 1 heterocycles. The number of sulfonamides is 1. The molecule has 0 saturated heterocycles. The van der Waals surface area contributed by atoms with Gasteiger partial charge in [-0.25, -0.2) is 8.42 Å². The van der Waals surface area contributed by atoms with Crippen molar-refractivity contribution >= 4 is 34.2 Å². The lowest BCUT2D eigenvalue weighted by Crippen LogP contribution is -2.35. The number of aliphatic imine (C=N–C) groups is 1. The first-order valence-electron chi connectivity index (χ1n) is 7.08. The number of hydrogen-bond acceptors (Lipinski definition) is 5. The van der Waals surface area contributed by atoms with Crippen LogP contribution in [0.1, 0.15) is 18.9 Å². The molecule has 7 nitrogen and oxygen atoms in total. The minimum atomic E-state index is -3.57. The SMILES string of the molecule is CNCCCNC(=O)C(C)N=C1NS(=O)(=O)c2ccccc21.Cl.